The van der Waals surface area contributed by atoms with E-state index in [1.807, 2.05) is 6.07 Å². The fraction of sp³-hybridized carbons (Fsp3) is 0.333. The Balaban J connectivity index is 2.55. The third-order valence-corrected chi connectivity index (χ3v) is 3.42. The largest absolute Gasteiger partial charge is 0.326 e. The summed E-state index contributed by atoms with van der Waals surface area (Å²) < 4.78 is 0.949. The van der Waals surface area contributed by atoms with Gasteiger partial charge in [0, 0.05) is 23.4 Å². The number of amides is 1. The number of rotatable bonds is 1. The second-order valence-corrected chi connectivity index (χ2v) is 4.76. The van der Waals surface area contributed by atoms with E-state index in [4.69, 9.17) is 0 Å². The molecule has 0 unspecified atom stereocenters. The van der Waals surface area contributed by atoms with Crippen molar-refractivity contribution in [3.8, 4) is 0 Å². The topological polar surface area (TPSA) is 46.2 Å². The highest BCUT2D eigenvalue weighted by Gasteiger charge is 2.23. The molecule has 0 atom stereocenters. The molecular weight excluding hydrogens is 270 g/mol. The molecule has 1 amide bonds. The predicted molar refractivity (Wildman–Crippen MR) is 65.7 cm³/mol. The number of anilines is 1. The maximum absolute atomic E-state index is 11.9. The first-order valence-corrected chi connectivity index (χ1v) is 6.01. The van der Waals surface area contributed by atoms with Crippen LogP contribution in [0.1, 0.15) is 35.7 Å². The van der Waals surface area contributed by atoms with E-state index >= 15 is 0 Å². The number of hydrogen-bond acceptors (Lipinski definition) is 2. The average Bonchev–Trinajstić information content (AvgIpc) is 2.22. The van der Waals surface area contributed by atoms with Crippen LogP contribution in [-0.2, 0) is 11.2 Å². The Hall–Kier alpha value is -1.16. The van der Waals surface area contributed by atoms with Gasteiger partial charge in [-0.2, -0.15) is 0 Å². The van der Waals surface area contributed by atoms with Crippen LogP contribution in [0.15, 0.2) is 16.6 Å². The van der Waals surface area contributed by atoms with Gasteiger partial charge in [-0.15, -0.1) is 0 Å². The highest BCUT2D eigenvalue weighted by atomic mass is 79.9. The molecule has 1 aromatic rings. The summed E-state index contributed by atoms with van der Waals surface area (Å²) in [6, 6.07) is 3.65. The van der Waals surface area contributed by atoms with Crippen molar-refractivity contribution in [2.45, 2.75) is 26.2 Å². The molecule has 3 nitrogen and oxygen atoms in total. The summed E-state index contributed by atoms with van der Waals surface area (Å²) in [7, 11) is 0. The first kappa shape index (κ1) is 11.3. The zero-order valence-corrected chi connectivity index (χ0v) is 10.6. The smallest absolute Gasteiger partial charge is 0.221 e. The Bertz CT molecular complexity index is 468. The van der Waals surface area contributed by atoms with E-state index in [9.17, 15) is 9.59 Å². The minimum Gasteiger partial charge on any atom is -0.326 e. The third kappa shape index (κ3) is 2.02. The SMILES string of the molecule is CC(=O)Nc1ccc(Br)c2c1C(=O)CCC2. The van der Waals surface area contributed by atoms with E-state index < -0.39 is 0 Å². The quantitative estimate of drug-likeness (QED) is 0.860. The zero-order valence-electron chi connectivity index (χ0n) is 8.97. The van der Waals surface area contributed by atoms with Crippen LogP contribution < -0.4 is 5.32 Å². The van der Waals surface area contributed by atoms with Crippen LogP contribution in [-0.4, -0.2) is 11.7 Å². The lowest BCUT2D eigenvalue weighted by atomic mass is 9.89. The van der Waals surface area contributed by atoms with E-state index in [1.54, 1.807) is 6.07 Å². The van der Waals surface area contributed by atoms with Crippen LogP contribution in [0.25, 0.3) is 0 Å². The van der Waals surface area contributed by atoms with Gasteiger partial charge in [-0.05, 0) is 30.5 Å². The third-order valence-electron chi connectivity index (χ3n) is 2.68. The highest BCUT2D eigenvalue weighted by molar-refractivity contribution is 9.10. The molecule has 1 N–H and O–H groups in total. The maximum Gasteiger partial charge on any atom is 0.221 e. The van der Waals surface area contributed by atoms with Gasteiger partial charge in [0.05, 0.1) is 5.69 Å². The molecule has 0 bridgehead atoms. The number of nitrogens with one attached hydrogen (secondary N) is 1. The summed E-state index contributed by atoms with van der Waals surface area (Å²) in [6.07, 6.45) is 2.33. The molecule has 0 spiro atoms. The Morgan fingerprint density at radius 3 is 2.81 bits per heavy atom. The molecule has 0 aliphatic heterocycles. The first-order valence-electron chi connectivity index (χ1n) is 5.22. The van der Waals surface area contributed by atoms with Crippen molar-refractivity contribution in [3.05, 3.63) is 27.7 Å². The molecule has 0 heterocycles. The lowest BCUT2D eigenvalue weighted by Crippen LogP contribution is -2.17. The normalized spacial score (nSPS) is 14.5. The van der Waals surface area contributed by atoms with Crippen LogP contribution in [0.2, 0.25) is 0 Å². The monoisotopic (exact) mass is 281 g/mol. The molecule has 1 aliphatic carbocycles. The van der Waals surface area contributed by atoms with Gasteiger partial charge in [-0.3, -0.25) is 9.59 Å². The Kier molecular flexibility index (Phi) is 3.10. The molecular formula is C12H12BrNO2. The van der Waals surface area contributed by atoms with Gasteiger partial charge in [-0.25, -0.2) is 0 Å². The van der Waals surface area contributed by atoms with E-state index in [2.05, 4.69) is 21.2 Å². The number of benzene rings is 1. The van der Waals surface area contributed by atoms with E-state index in [0.29, 0.717) is 17.7 Å². The van der Waals surface area contributed by atoms with Crippen molar-refractivity contribution in [1.29, 1.82) is 0 Å². The fourth-order valence-corrected chi connectivity index (χ4v) is 2.56. The average molecular weight is 282 g/mol. The van der Waals surface area contributed by atoms with E-state index in [1.165, 1.54) is 6.92 Å². The highest BCUT2D eigenvalue weighted by Crippen LogP contribution is 2.33. The van der Waals surface area contributed by atoms with Gasteiger partial charge < -0.3 is 5.32 Å². The van der Waals surface area contributed by atoms with Gasteiger partial charge in [0.15, 0.2) is 5.78 Å². The molecule has 4 heteroatoms. The first-order chi connectivity index (χ1) is 7.59. The maximum atomic E-state index is 11.9. The van der Waals surface area contributed by atoms with E-state index in [-0.39, 0.29) is 11.7 Å². The molecule has 0 aromatic heterocycles. The molecule has 1 aliphatic rings. The number of Topliss-reactive ketones (excluding diaryl/α,β-unsaturated/α-hetero) is 1. The summed E-state index contributed by atoms with van der Waals surface area (Å²) in [4.78, 5) is 22.9. The molecule has 1 aromatic carbocycles. The summed E-state index contributed by atoms with van der Waals surface area (Å²) in [5.41, 5.74) is 2.33. The molecule has 0 fully saturated rings. The number of carbonyl (C=O) groups excluding carboxylic acids is 2. The molecule has 0 radical (unpaired) electrons. The van der Waals surface area contributed by atoms with E-state index in [0.717, 1.165) is 22.9 Å². The summed E-state index contributed by atoms with van der Waals surface area (Å²) in [5.74, 6) is -0.0332. The van der Waals surface area contributed by atoms with Crippen LogP contribution in [0.4, 0.5) is 5.69 Å². The molecule has 0 saturated heterocycles. The van der Waals surface area contributed by atoms with Gasteiger partial charge >= 0.3 is 0 Å². The zero-order chi connectivity index (χ0) is 11.7. The van der Waals surface area contributed by atoms with Gasteiger partial charge in [0.1, 0.15) is 0 Å². The van der Waals surface area contributed by atoms with Crippen LogP contribution in [0.5, 0.6) is 0 Å². The van der Waals surface area contributed by atoms with Crippen LogP contribution in [0, 0.1) is 0 Å². The standard InChI is InChI=1S/C12H12BrNO2/c1-7(15)14-10-6-5-9(13)8-3-2-4-11(16)12(8)10/h5-6H,2-4H2,1H3,(H,14,15). The van der Waals surface area contributed by atoms with Gasteiger partial charge in [-0.1, -0.05) is 15.9 Å². The van der Waals surface area contributed by atoms with Crippen molar-refractivity contribution >= 4 is 33.3 Å². The predicted octanol–water partition coefficient (Wildman–Crippen LogP) is 2.93. The minimum atomic E-state index is -0.150. The summed E-state index contributed by atoms with van der Waals surface area (Å²) in [5, 5.41) is 2.71. The Morgan fingerprint density at radius 1 is 1.38 bits per heavy atom. The van der Waals surface area contributed by atoms with Crippen molar-refractivity contribution in [2.75, 3.05) is 5.32 Å². The van der Waals surface area contributed by atoms with Crippen LogP contribution in [0.3, 0.4) is 0 Å². The molecule has 84 valence electrons. The molecule has 0 saturated carbocycles. The Morgan fingerprint density at radius 2 is 2.12 bits per heavy atom. The van der Waals surface area contributed by atoms with Gasteiger partial charge in [0.25, 0.3) is 0 Å². The number of fused-ring (bicyclic) bond motifs is 1. The van der Waals surface area contributed by atoms with Crippen molar-refractivity contribution < 1.29 is 9.59 Å². The van der Waals surface area contributed by atoms with Crippen molar-refractivity contribution in [1.82, 2.24) is 0 Å². The van der Waals surface area contributed by atoms with Crippen LogP contribution >= 0.6 is 15.9 Å². The Labute approximate surface area is 102 Å². The number of halogens is 1. The molecule has 2 rings (SSSR count). The second-order valence-electron chi connectivity index (χ2n) is 3.91. The van der Waals surface area contributed by atoms with Crippen molar-refractivity contribution in [3.63, 3.8) is 0 Å². The second kappa shape index (κ2) is 4.37. The number of hydrogen-bond donors (Lipinski definition) is 1. The minimum absolute atomic E-state index is 0.117. The van der Waals surface area contributed by atoms with Gasteiger partial charge in [0.2, 0.25) is 5.91 Å². The summed E-state index contributed by atoms with van der Waals surface area (Å²) >= 11 is 3.44. The number of ketones is 1. The molecule has 16 heavy (non-hydrogen) atoms. The van der Waals surface area contributed by atoms with Crippen molar-refractivity contribution in [2.24, 2.45) is 0 Å². The lowest BCUT2D eigenvalue weighted by molar-refractivity contribution is -0.114. The number of carbonyl (C=O) groups is 2. The summed E-state index contributed by atoms with van der Waals surface area (Å²) in [6.45, 7) is 1.45. The lowest BCUT2D eigenvalue weighted by Gasteiger charge is -2.19. The fourth-order valence-electron chi connectivity index (χ4n) is 2.03.